The highest BCUT2D eigenvalue weighted by Gasteiger charge is 2.40. The smallest absolute Gasteiger partial charge is 0.318 e. The molecule has 6 fully saturated rings. The Kier molecular flexibility index (Phi) is 34.8. The van der Waals surface area contributed by atoms with Crippen LogP contribution in [0.15, 0.2) is 146 Å². The molecule has 27 nitrogen and oxygen atoms in total. The monoisotopic (exact) mass is 1880 g/mol. The van der Waals surface area contributed by atoms with E-state index in [1.165, 1.54) is 64.5 Å². The molecule has 0 N–H and O–H groups in total. The molecule has 3 saturated heterocycles. The van der Waals surface area contributed by atoms with E-state index >= 15 is 0 Å². The molecule has 35 heteroatoms. The van der Waals surface area contributed by atoms with Gasteiger partial charge in [0.05, 0.1) is 79.9 Å². The SMILES string of the molecule is S.S.S.[C-]#[N+]C[C@H]1CN(c2nc(OCCOC3CC3)nc3c2CCN(c2cccc4cccc(C)c24)C3)CCN1C(=O)/C=C/CF.[C-]#[N+]C[C@H]1CN(c2nc(OCCOC3CC3)nc3c2CCN(c2cccc4cccc(Cl)c24)C3)CCN1C(=O)/C=C/CF.[C-]#[N+]C[C@H]1CN(c2nc(OCCOC3CC3)nc3c2CCN(c2cccc4cccc(F)c24)C3)CCN1C(=O)/C=C/CF. The summed E-state index contributed by atoms with van der Waals surface area (Å²) in [6.07, 6.45) is 17.0. The molecule has 18 rings (SSSR count). The van der Waals surface area contributed by atoms with Crippen molar-refractivity contribution in [3.8, 4) is 18.0 Å². The van der Waals surface area contributed by atoms with E-state index in [2.05, 4.69) is 105 Å². The van der Waals surface area contributed by atoms with Crippen LogP contribution in [0.1, 0.15) is 77.9 Å². The molecule has 6 aliphatic heterocycles. The number of alkyl halides is 3. The summed E-state index contributed by atoms with van der Waals surface area (Å²) >= 11 is 6.67. The molecule has 3 aromatic heterocycles. The normalized spacial score (nSPS) is 18.2. The van der Waals surface area contributed by atoms with Crippen molar-refractivity contribution in [2.24, 2.45) is 0 Å². The lowest BCUT2D eigenvalue weighted by atomic mass is 9.99. The van der Waals surface area contributed by atoms with E-state index in [1.807, 2.05) is 42.5 Å². The molecule has 9 aromatic rings. The van der Waals surface area contributed by atoms with Crippen LogP contribution in [0.5, 0.6) is 18.0 Å². The minimum absolute atomic E-state index is 0. The van der Waals surface area contributed by atoms with Gasteiger partial charge in [0.2, 0.25) is 37.4 Å². The van der Waals surface area contributed by atoms with Gasteiger partial charge in [-0.05, 0) is 135 Å². The molecular weight excluding hydrogens is 1770 g/mol. The van der Waals surface area contributed by atoms with Crippen molar-refractivity contribution in [2.45, 2.75) is 121 Å². The zero-order valence-electron chi connectivity index (χ0n) is 73.9. The maximum atomic E-state index is 15.0. The Balaban J connectivity index is 0.000000166. The number of piperazine rings is 3. The zero-order chi connectivity index (χ0) is 89.3. The van der Waals surface area contributed by atoms with Gasteiger partial charge in [0, 0.05) is 147 Å². The zero-order valence-corrected chi connectivity index (χ0v) is 77.6. The van der Waals surface area contributed by atoms with E-state index in [9.17, 15) is 31.9 Å². The second-order valence-electron chi connectivity index (χ2n) is 33.3. The van der Waals surface area contributed by atoms with Gasteiger partial charge in [-0.15, -0.1) is 0 Å². The van der Waals surface area contributed by atoms with Gasteiger partial charge in [-0.1, -0.05) is 90.5 Å². The number of halogens is 5. The Morgan fingerprint density at radius 2 is 0.727 bits per heavy atom. The standard InChI is InChI=1S/C33H37FN6O3.C32H34ClFN6O3.C32H34F2N6O3.3H2S/c1-23-6-3-7-24-8-4-9-29(31(23)24)38-15-13-27-28(22-38)36-33(43-19-18-42-26-11-12-26)37-32(27)39-16-17-40(25(21-39)20-35-2)30(41)10-5-14-34;1-35-19-23-20-39(15-16-40(23)29(41)9-4-13-34)31-25-12-14-38(28-8-3-6-22-5-2-7-26(33)30(22)28)21-27(25)36-32(37-31)43-18-17-42-24-10-11-24;1-35-19-23-20-39(15-16-40(23)29(41)9-4-13-33)31-25-12-14-38(28-8-3-6-22-5-2-7-26(34)30(22)28)21-27(25)36-32(37-31)43-18-17-42-24-10-11-24;;;/h3-10,25-26H,11-22H2,1H3;2*2-9,23-24H,10-21H2;3*1H2/b10-5+;2*9-4+;;;/t25-;2*23-;;;/m000.../s1. The lowest BCUT2D eigenvalue weighted by Crippen LogP contribution is -2.56. The second-order valence-corrected chi connectivity index (χ2v) is 33.7. The van der Waals surface area contributed by atoms with Crippen molar-refractivity contribution in [1.29, 1.82) is 0 Å². The van der Waals surface area contributed by atoms with Crippen molar-refractivity contribution in [2.75, 3.05) is 187 Å². The van der Waals surface area contributed by atoms with Crippen LogP contribution in [0.2, 0.25) is 5.02 Å². The third-order valence-electron chi connectivity index (χ3n) is 24.6. The average molecular weight is 1880 g/mol. The third kappa shape index (κ3) is 24.0. The number of carbonyl (C=O) groups excluding carboxylic acids is 3. The first-order valence-electron chi connectivity index (χ1n) is 44.5. The predicted molar refractivity (Wildman–Crippen MR) is 519 cm³/mol. The van der Waals surface area contributed by atoms with E-state index < -0.39 is 20.0 Å². The summed E-state index contributed by atoms with van der Waals surface area (Å²) in [4.78, 5) is 96.3. The number of benzene rings is 6. The Bertz CT molecular complexity index is 5220. The van der Waals surface area contributed by atoms with Crippen molar-refractivity contribution >= 4 is 137 Å². The quantitative estimate of drug-likeness (QED) is 0.0176. The van der Waals surface area contributed by atoms with Gasteiger partial charge >= 0.3 is 18.0 Å². The van der Waals surface area contributed by atoms with Gasteiger partial charge in [0.15, 0.2) is 0 Å². The van der Waals surface area contributed by atoms with Gasteiger partial charge in [-0.2, -0.15) is 70.4 Å². The number of anilines is 6. The third-order valence-corrected chi connectivity index (χ3v) is 24.9. The number of allylic oxidation sites excluding steroid dienone is 3. The minimum atomic E-state index is -0.719. The number of aryl methyl sites for hydroxylation is 1. The lowest BCUT2D eigenvalue weighted by Gasteiger charge is -2.41. The van der Waals surface area contributed by atoms with Crippen LogP contribution in [0.3, 0.4) is 0 Å². The van der Waals surface area contributed by atoms with E-state index in [1.54, 1.807) is 20.8 Å². The fourth-order valence-electron chi connectivity index (χ4n) is 17.9. The number of nitrogens with zero attached hydrogens (tertiary/aromatic N) is 18. The fraction of sp³-hybridized carbons (Fsp3) is 0.443. The molecular formula is C97H111ClF4N18O9S3. The van der Waals surface area contributed by atoms with Gasteiger partial charge in [-0.3, -0.25) is 14.4 Å². The molecule has 3 amide bonds. The summed E-state index contributed by atoms with van der Waals surface area (Å²) in [6, 6.07) is 35.7. The van der Waals surface area contributed by atoms with Crippen LogP contribution in [0.25, 0.3) is 46.9 Å². The number of rotatable bonds is 30. The Morgan fingerprint density at radius 3 is 1.08 bits per heavy atom. The minimum Gasteiger partial charge on any atom is -0.461 e. The molecule has 0 unspecified atom stereocenters. The number of hydrogen-bond donors (Lipinski definition) is 0. The highest BCUT2D eigenvalue weighted by molar-refractivity contribution is 7.59. The summed E-state index contributed by atoms with van der Waals surface area (Å²) in [7, 11) is 0. The molecule has 3 aliphatic carbocycles. The van der Waals surface area contributed by atoms with Crippen molar-refractivity contribution in [3.05, 3.63) is 230 Å². The summed E-state index contributed by atoms with van der Waals surface area (Å²) in [5.41, 5.74) is 10.00. The van der Waals surface area contributed by atoms with E-state index in [0.717, 1.165) is 137 Å². The van der Waals surface area contributed by atoms with E-state index in [-0.39, 0.29) is 114 Å². The summed E-state index contributed by atoms with van der Waals surface area (Å²) in [5, 5.41) is 6.70. The maximum Gasteiger partial charge on any atom is 0.318 e. The molecule has 3 saturated carbocycles. The highest BCUT2D eigenvalue weighted by atomic mass is 35.5. The number of fused-ring (bicyclic) bond motifs is 6. The summed E-state index contributed by atoms with van der Waals surface area (Å²) < 4.78 is 88.3. The Labute approximate surface area is 792 Å². The van der Waals surface area contributed by atoms with Gasteiger partial charge < -0.3 is 87.1 Å². The summed E-state index contributed by atoms with van der Waals surface area (Å²) in [5.74, 6) is 1.21. The van der Waals surface area contributed by atoms with E-state index in [4.69, 9.17) is 89.6 Å². The van der Waals surface area contributed by atoms with Crippen LogP contribution in [-0.4, -0.2) is 257 Å². The first-order valence-corrected chi connectivity index (χ1v) is 44.9. The van der Waals surface area contributed by atoms with Crippen LogP contribution in [0, 0.1) is 32.5 Å². The number of ether oxygens (including phenoxy) is 6. The van der Waals surface area contributed by atoms with Gasteiger partial charge in [-0.25, -0.2) is 37.3 Å². The molecule has 132 heavy (non-hydrogen) atoms. The maximum absolute atomic E-state index is 15.0. The topological polar surface area (TPSA) is 226 Å². The van der Waals surface area contributed by atoms with Crippen molar-refractivity contribution in [3.63, 3.8) is 0 Å². The number of hydrogen-bond acceptors (Lipinski definition) is 21. The molecule has 0 bridgehead atoms. The van der Waals surface area contributed by atoms with Crippen LogP contribution < -0.4 is 43.6 Å². The second kappa shape index (κ2) is 46.8. The molecule has 0 spiro atoms. The molecule has 0 radical (unpaired) electrons. The number of aromatic nitrogens is 6. The molecule has 9 heterocycles. The molecule has 6 aromatic carbocycles. The Hall–Kier alpha value is -11.4. The average Bonchev–Trinajstić information content (AvgIpc) is 1.37. The molecule has 3 atom stereocenters. The van der Waals surface area contributed by atoms with Crippen molar-refractivity contribution in [1.82, 2.24) is 44.6 Å². The number of amides is 3. The predicted octanol–water partition coefficient (Wildman–Crippen LogP) is 14.1. The van der Waals surface area contributed by atoms with Crippen LogP contribution >= 0.6 is 52.1 Å². The van der Waals surface area contributed by atoms with E-state index in [0.29, 0.717) is 172 Å². The Morgan fingerprint density at radius 1 is 0.409 bits per heavy atom. The molecule has 696 valence electrons. The van der Waals surface area contributed by atoms with Gasteiger partial charge in [0.25, 0.3) is 0 Å². The number of carbonyl (C=O) groups is 3. The van der Waals surface area contributed by atoms with Crippen LogP contribution in [-0.2, 0) is 67.5 Å². The highest BCUT2D eigenvalue weighted by Crippen LogP contribution is 2.42. The first-order chi connectivity index (χ1) is 63.2. The van der Waals surface area contributed by atoms with Gasteiger partial charge in [0.1, 0.15) is 81.2 Å². The van der Waals surface area contributed by atoms with Crippen molar-refractivity contribution < 1.29 is 60.4 Å². The largest absolute Gasteiger partial charge is 0.461 e. The summed E-state index contributed by atoms with van der Waals surface area (Å²) in [6.45, 7) is 33.3. The first kappa shape index (κ1) is 98.1. The lowest BCUT2D eigenvalue weighted by molar-refractivity contribution is -0.129. The van der Waals surface area contributed by atoms with Crippen LogP contribution in [0.4, 0.5) is 52.1 Å². The fourth-order valence-corrected chi connectivity index (χ4v) is 18.2. The molecule has 9 aliphatic rings.